The summed E-state index contributed by atoms with van der Waals surface area (Å²) in [6.07, 6.45) is 1.89. The van der Waals surface area contributed by atoms with E-state index in [1.165, 1.54) is 0 Å². The van der Waals surface area contributed by atoms with Gasteiger partial charge in [-0.15, -0.1) is 0 Å². The van der Waals surface area contributed by atoms with Crippen LogP contribution in [0.4, 0.5) is 0 Å². The molecule has 0 aliphatic carbocycles. The van der Waals surface area contributed by atoms with E-state index in [0.717, 1.165) is 41.0 Å². The van der Waals surface area contributed by atoms with E-state index in [-0.39, 0.29) is 5.75 Å². The second kappa shape index (κ2) is 8.74. The molecule has 1 atom stereocenters. The average Bonchev–Trinajstić information content (AvgIpc) is 3.17. The van der Waals surface area contributed by atoms with Crippen molar-refractivity contribution < 1.29 is 17.3 Å². The lowest BCUT2D eigenvalue weighted by atomic mass is 9.81. The second-order valence-corrected chi connectivity index (χ2v) is 10.1. The molecule has 3 aromatic rings. The lowest BCUT2D eigenvalue weighted by Crippen LogP contribution is -2.46. The zero-order chi connectivity index (χ0) is 24.6. The highest BCUT2D eigenvalue weighted by Gasteiger charge is 2.49. The van der Waals surface area contributed by atoms with Crippen LogP contribution in [0, 0.1) is 0 Å². The summed E-state index contributed by atoms with van der Waals surface area (Å²) in [4.78, 5) is 11.8. The molecule has 0 aromatic heterocycles. The fourth-order valence-electron chi connectivity index (χ4n) is 4.65. The van der Waals surface area contributed by atoms with Crippen LogP contribution >= 0.6 is 0 Å². The summed E-state index contributed by atoms with van der Waals surface area (Å²) in [5.41, 5.74) is 8.92. The molecule has 0 saturated heterocycles. The molecule has 180 valence electrons. The second-order valence-electron chi connectivity index (χ2n) is 8.52. The number of guanidine groups is 1. The first kappa shape index (κ1) is 22.9. The van der Waals surface area contributed by atoms with Gasteiger partial charge in [-0.2, -0.15) is 8.42 Å². The van der Waals surface area contributed by atoms with E-state index in [2.05, 4.69) is 6.07 Å². The average molecular weight is 491 g/mol. The Morgan fingerprint density at radius 1 is 0.943 bits per heavy atom. The first-order chi connectivity index (χ1) is 16.8. The third-order valence-corrected chi connectivity index (χ3v) is 6.62. The zero-order valence-electron chi connectivity index (χ0n) is 19.5. The van der Waals surface area contributed by atoms with Gasteiger partial charge in [-0.25, -0.2) is 4.99 Å². The fourth-order valence-corrected chi connectivity index (χ4v) is 5.10. The van der Waals surface area contributed by atoms with Crippen molar-refractivity contribution >= 4 is 21.9 Å². The van der Waals surface area contributed by atoms with Crippen molar-refractivity contribution in [2.24, 2.45) is 15.7 Å². The number of nitrogens with zero attached hydrogens (tertiary/aromatic N) is 3. The molecule has 2 aliphatic rings. The van der Waals surface area contributed by atoms with Gasteiger partial charge in [0, 0.05) is 13.1 Å². The van der Waals surface area contributed by atoms with E-state index in [1.807, 2.05) is 53.4 Å². The third-order valence-electron chi connectivity index (χ3n) is 6.12. The number of nitrogens with two attached hydrogens (primary N) is 1. The van der Waals surface area contributed by atoms with Crippen LogP contribution in [0.5, 0.6) is 11.5 Å². The number of methoxy groups -OCH3 is 1. The molecule has 0 radical (unpaired) electrons. The van der Waals surface area contributed by atoms with Crippen LogP contribution in [0.15, 0.2) is 82.8 Å². The fraction of sp³-hybridized carbons (Fsp3) is 0.231. The van der Waals surface area contributed by atoms with Crippen molar-refractivity contribution in [1.82, 2.24) is 4.90 Å². The van der Waals surface area contributed by atoms with E-state index in [4.69, 9.17) is 24.6 Å². The monoisotopic (exact) mass is 490 g/mol. The molecule has 2 N–H and O–H groups in total. The van der Waals surface area contributed by atoms with Crippen molar-refractivity contribution in [1.29, 1.82) is 0 Å². The Bertz CT molecular complexity index is 1450. The van der Waals surface area contributed by atoms with Crippen LogP contribution in [-0.2, 0) is 15.7 Å². The van der Waals surface area contributed by atoms with Crippen LogP contribution in [0.25, 0.3) is 11.1 Å². The van der Waals surface area contributed by atoms with Crippen LogP contribution < -0.4 is 14.7 Å². The molecular weight excluding hydrogens is 464 g/mol. The largest absolute Gasteiger partial charge is 0.497 e. The molecular formula is C26H26N4O4S. The summed E-state index contributed by atoms with van der Waals surface area (Å²) in [5, 5.41) is 0. The zero-order valence-corrected chi connectivity index (χ0v) is 20.3. The predicted molar refractivity (Wildman–Crippen MR) is 136 cm³/mol. The summed E-state index contributed by atoms with van der Waals surface area (Å²) in [6.45, 7) is 1.37. The number of rotatable bonds is 6. The van der Waals surface area contributed by atoms with E-state index in [1.54, 1.807) is 25.3 Å². The molecule has 9 heteroatoms. The van der Waals surface area contributed by atoms with Crippen LogP contribution in [-0.4, -0.2) is 51.6 Å². The van der Waals surface area contributed by atoms with Crippen molar-refractivity contribution in [3.05, 3.63) is 83.9 Å². The molecule has 0 amide bonds. The van der Waals surface area contributed by atoms with E-state index < -0.39 is 15.7 Å². The summed E-state index contributed by atoms with van der Waals surface area (Å²) >= 11 is 0. The molecule has 5 rings (SSSR count). The number of benzene rings is 3. The normalized spacial score (nSPS) is 19.5. The minimum Gasteiger partial charge on any atom is -0.497 e. The Kier molecular flexibility index (Phi) is 5.72. The van der Waals surface area contributed by atoms with Gasteiger partial charge < -0.3 is 14.7 Å². The first-order valence-electron chi connectivity index (χ1n) is 11.2. The van der Waals surface area contributed by atoms with Crippen LogP contribution in [0.2, 0.25) is 0 Å². The van der Waals surface area contributed by atoms with Gasteiger partial charge in [0.25, 0.3) is 0 Å². The van der Waals surface area contributed by atoms with E-state index in [0.29, 0.717) is 24.6 Å². The van der Waals surface area contributed by atoms with E-state index >= 15 is 0 Å². The maximum Gasteiger partial charge on any atom is 0.306 e. The molecule has 0 bridgehead atoms. The predicted octanol–water partition coefficient (Wildman–Crippen LogP) is 3.38. The summed E-state index contributed by atoms with van der Waals surface area (Å²) < 4.78 is 34.2. The van der Waals surface area contributed by atoms with Gasteiger partial charge in [-0.1, -0.05) is 42.5 Å². The summed E-state index contributed by atoms with van der Waals surface area (Å²) in [5.74, 6) is 2.07. The molecule has 2 aliphatic heterocycles. The van der Waals surface area contributed by atoms with Gasteiger partial charge in [0.2, 0.25) is 0 Å². The highest BCUT2D eigenvalue weighted by atomic mass is 32.2. The van der Waals surface area contributed by atoms with E-state index in [9.17, 15) is 8.42 Å². The maximum absolute atomic E-state index is 11.8. The minimum absolute atomic E-state index is 0.206. The number of hydrogen-bond donors (Lipinski definition) is 1. The summed E-state index contributed by atoms with van der Waals surface area (Å²) in [7, 11) is -2.06. The lowest BCUT2D eigenvalue weighted by molar-refractivity contribution is 0.415. The quantitative estimate of drug-likeness (QED) is 0.531. The van der Waals surface area contributed by atoms with Gasteiger partial charge in [0.15, 0.2) is 11.5 Å². The molecule has 2 heterocycles. The number of amidine groups is 1. The molecule has 0 saturated carbocycles. The molecule has 0 fully saturated rings. The SMILES string of the molecule is COc1cccc(-c2cccc(C3(c4cccc(OS(C)(=O)=O)c4)N=C(N)N4CCCN=C43)c2)c1. The highest BCUT2D eigenvalue weighted by molar-refractivity contribution is 7.86. The molecule has 0 spiro atoms. The Balaban J connectivity index is 1.72. The number of hydrogen-bond acceptors (Lipinski definition) is 8. The van der Waals surface area contributed by atoms with Gasteiger partial charge >= 0.3 is 10.1 Å². The standard InChI is InChI=1S/C26H26N4O4S/c1-33-22-11-4-8-19(16-22)18-7-3-9-20(15-18)26(24-28-13-6-14-30(24)25(27)29-26)21-10-5-12-23(17-21)34-35(2,31)32/h3-5,7-12,15-17H,6,13-14H2,1-2H3,(H2,27,29). The highest BCUT2D eigenvalue weighted by Crippen LogP contribution is 2.43. The Morgan fingerprint density at radius 2 is 1.60 bits per heavy atom. The van der Waals surface area contributed by atoms with Gasteiger partial charge in [-0.05, 0) is 59.0 Å². The third kappa shape index (κ3) is 4.23. The maximum atomic E-state index is 11.8. The number of aliphatic imine (C=N–C) groups is 2. The molecule has 3 aromatic carbocycles. The van der Waals surface area contributed by atoms with Crippen LogP contribution in [0.1, 0.15) is 17.5 Å². The minimum atomic E-state index is -3.70. The first-order valence-corrected chi connectivity index (χ1v) is 13.0. The topological polar surface area (TPSA) is 107 Å². The summed E-state index contributed by atoms with van der Waals surface area (Å²) in [6, 6.07) is 22.8. The Hall–Kier alpha value is -3.85. The van der Waals surface area contributed by atoms with Gasteiger partial charge in [0.1, 0.15) is 17.3 Å². The van der Waals surface area contributed by atoms with Crippen molar-refractivity contribution in [2.75, 3.05) is 26.5 Å². The smallest absolute Gasteiger partial charge is 0.306 e. The van der Waals surface area contributed by atoms with Crippen molar-refractivity contribution in [3.63, 3.8) is 0 Å². The number of fused-ring (bicyclic) bond motifs is 1. The van der Waals surface area contributed by atoms with Gasteiger partial charge in [-0.3, -0.25) is 9.89 Å². The number of ether oxygens (including phenoxy) is 1. The molecule has 8 nitrogen and oxygen atoms in total. The Labute approximate surface area is 204 Å². The van der Waals surface area contributed by atoms with Gasteiger partial charge in [0.05, 0.1) is 13.4 Å². The van der Waals surface area contributed by atoms with Crippen molar-refractivity contribution in [2.45, 2.75) is 12.0 Å². The van der Waals surface area contributed by atoms with Crippen LogP contribution in [0.3, 0.4) is 0 Å². The molecule has 35 heavy (non-hydrogen) atoms. The Morgan fingerprint density at radius 3 is 2.34 bits per heavy atom. The molecule has 1 unspecified atom stereocenters. The van der Waals surface area contributed by atoms with Crippen molar-refractivity contribution in [3.8, 4) is 22.6 Å². The lowest BCUT2D eigenvalue weighted by Gasteiger charge is -2.33.